The van der Waals surface area contributed by atoms with E-state index in [4.69, 9.17) is 16.7 Å². The highest BCUT2D eigenvalue weighted by atomic mass is 35.5. The van der Waals surface area contributed by atoms with Crippen molar-refractivity contribution in [2.24, 2.45) is 0 Å². The van der Waals surface area contributed by atoms with Gasteiger partial charge in [0.15, 0.2) is 0 Å². The largest absolute Gasteiger partial charge is 0.335 e. The predicted octanol–water partition coefficient (Wildman–Crippen LogP) is 5.65. The summed E-state index contributed by atoms with van der Waals surface area (Å²) in [6.45, 7) is 0. The van der Waals surface area contributed by atoms with Crippen molar-refractivity contribution in [2.75, 3.05) is 5.32 Å². The Hall–Kier alpha value is -2.79. The van der Waals surface area contributed by atoms with Crippen LogP contribution in [-0.2, 0) is 0 Å². The number of benzene rings is 2. The number of aromatic nitrogens is 2. The maximum absolute atomic E-state index is 12.6. The summed E-state index contributed by atoms with van der Waals surface area (Å²) in [5.74, 6) is 0. The SMILES string of the molecule is O=C(Nc1cn(-c2ccccc2)nc1-c1ccc(Cl)cc1)NC1CCCCC1. The van der Waals surface area contributed by atoms with Gasteiger partial charge in [0.1, 0.15) is 5.69 Å². The molecule has 0 saturated heterocycles. The number of para-hydroxylation sites is 1. The standard InChI is InChI=1S/C22H23ClN4O/c23-17-13-11-16(12-14-17)21-20(15-27(26-21)19-9-5-2-6-10-19)25-22(28)24-18-7-3-1-4-8-18/h2,5-6,9-15,18H,1,3-4,7-8H2,(H2,24,25,28). The van der Waals surface area contributed by atoms with Gasteiger partial charge in [0.05, 0.1) is 17.6 Å². The number of halogens is 1. The minimum Gasteiger partial charge on any atom is -0.335 e. The molecule has 1 saturated carbocycles. The highest BCUT2D eigenvalue weighted by molar-refractivity contribution is 6.30. The van der Waals surface area contributed by atoms with Crippen molar-refractivity contribution in [3.05, 3.63) is 65.8 Å². The van der Waals surface area contributed by atoms with Gasteiger partial charge in [-0.25, -0.2) is 9.48 Å². The van der Waals surface area contributed by atoms with Crippen molar-refractivity contribution < 1.29 is 4.79 Å². The van der Waals surface area contributed by atoms with E-state index in [0.717, 1.165) is 24.1 Å². The maximum atomic E-state index is 12.6. The Morgan fingerprint density at radius 1 is 1.00 bits per heavy atom. The summed E-state index contributed by atoms with van der Waals surface area (Å²) in [6, 6.07) is 17.4. The van der Waals surface area contributed by atoms with E-state index in [9.17, 15) is 4.79 Å². The van der Waals surface area contributed by atoms with Gasteiger partial charge in [0.2, 0.25) is 0 Å². The van der Waals surface area contributed by atoms with Crippen LogP contribution in [0.2, 0.25) is 5.02 Å². The van der Waals surface area contributed by atoms with Gasteiger partial charge in [-0.1, -0.05) is 61.2 Å². The van der Waals surface area contributed by atoms with Gasteiger partial charge in [-0.15, -0.1) is 0 Å². The highest BCUT2D eigenvalue weighted by Crippen LogP contribution is 2.29. The molecule has 1 heterocycles. The number of rotatable bonds is 4. The Morgan fingerprint density at radius 3 is 2.43 bits per heavy atom. The van der Waals surface area contributed by atoms with E-state index in [1.54, 1.807) is 4.68 Å². The molecule has 4 rings (SSSR count). The Bertz CT molecular complexity index is 931. The van der Waals surface area contributed by atoms with Gasteiger partial charge in [0.25, 0.3) is 0 Å². The molecule has 5 nitrogen and oxygen atoms in total. The number of nitrogens with zero attached hydrogens (tertiary/aromatic N) is 2. The topological polar surface area (TPSA) is 59.0 Å². The fourth-order valence-corrected chi connectivity index (χ4v) is 3.72. The van der Waals surface area contributed by atoms with Gasteiger partial charge >= 0.3 is 6.03 Å². The lowest BCUT2D eigenvalue weighted by Gasteiger charge is -2.22. The minimum atomic E-state index is -0.185. The van der Waals surface area contributed by atoms with Crippen LogP contribution in [0.15, 0.2) is 60.8 Å². The van der Waals surface area contributed by atoms with Gasteiger partial charge in [-0.2, -0.15) is 5.10 Å². The molecule has 1 aliphatic rings. The molecule has 6 heteroatoms. The van der Waals surface area contributed by atoms with Crippen LogP contribution in [0.3, 0.4) is 0 Å². The van der Waals surface area contributed by atoms with Crippen molar-refractivity contribution >= 4 is 23.3 Å². The van der Waals surface area contributed by atoms with Crippen LogP contribution in [0.25, 0.3) is 16.9 Å². The third-order valence-corrected chi connectivity index (χ3v) is 5.29. The molecule has 0 spiro atoms. The van der Waals surface area contributed by atoms with Gasteiger partial charge < -0.3 is 10.6 Å². The fraction of sp³-hybridized carbons (Fsp3) is 0.273. The first kappa shape index (κ1) is 18.6. The first-order valence-corrected chi connectivity index (χ1v) is 10.1. The second kappa shape index (κ2) is 8.48. The van der Waals surface area contributed by atoms with E-state index in [-0.39, 0.29) is 12.1 Å². The number of urea groups is 1. The number of nitrogens with one attached hydrogen (secondary N) is 2. The van der Waals surface area contributed by atoms with E-state index in [0.29, 0.717) is 16.4 Å². The predicted molar refractivity (Wildman–Crippen MR) is 113 cm³/mol. The van der Waals surface area contributed by atoms with E-state index >= 15 is 0 Å². The summed E-state index contributed by atoms with van der Waals surface area (Å²) >= 11 is 6.03. The zero-order valence-corrected chi connectivity index (χ0v) is 16.3. The molecule has 0 unspecified atom stereocenters. The smallest absolute Gasteiger partial charge is 0.319 e. The highest BCUT2D eigenvalue weighted by Gasteiger charge is 2.18. The molecule has 1 fully saturated rings. The van der Waals surface area contributed by atoms with Crippen molar-refractivity contribution in [3.8, 4) is 16.9 Å². The summed E-state index contributed by atoms with van der Waals surface area (Å²) in [5, 5.41) is 11.5. The lowest BCUT2D eigenvalue weighted by molar-refractivity contribution is 0.244. The first-order valence-electron chi connectivity index (χ1n) is 9.67. The zero-order valence-electron chi connectivity index (χ0n) is 15.6. The molecule has 0 atom stereocenters. The molecule has 2 aromatic carbocycles. The summed E-state index contributed by atoms with van der Waals surface area (Å²) in [6.07, 6.45) is 7.53. The van der Waals surface area contributed by atoms with Crippen LogP contribution < -0.4 is 10.6 Å². The number of hydrogen-bond acceptors (Lipinski definition) is 2. The number of amides is 2. The summed E-state index contributed by atoms with van der Waals surface area (Å²) in [4.78, 5) is 12.6. The molecule has 0 aliphatic heterocycles. The molecule has 2 amide bonds. The number of anilines is 1. The Balaban J connectivity index is 1.61. The third kappa shape index (κ3) is 4.37. The van der Waals surface area contributed by atoms with Gasteiger partial charge in [-0.3, -0.25) is 0 Å². The lowest BCUT2D eigenvalue weighted by Crippen LogP contribution is -2.39. The average Bonchev–Trinajstić information content (AvgIpc) is 3.13. The molecule has 144 valence electrons. The van der Waals surface area contributed by atoms with E-state index in [1.807, 2.05) is 60.8 Å². The van der Waals surface area contributed by atoms with Crippen LogP contribution in [0, 0.1) is 0 Å². The summed E-state index contributed by atoms with van der Waals surface area (Å²) in [5.41, 5.74) is 3.20. The van der Waals surface area contributed by atoms with Gasteiger partial charge in [0, 0.05) is 16.6 Å². The normalized spacial score (nSPS) is 14.6. The van der Waals surface area contributed by atoms with Crippen molar-refractivity contribution in [1.82, 2.24) is 15.1 Å². The van der Waals surface area contributed by atoms with Crippen molar-refractivity contribution in [1.29, 1.82) is 0 Å². The molecule has 2 N–H and O–H groups in total. The van der Waals surface area contributed by atoms with Crippen LogP contribution in [-0.4, -0.2) is 21.9 Å². The molecular formula is C22H23ClN4O. The fourth-order valence-electron chi connectivity index (χ4n) is 3.59. The Kier molecular flexibility index (Phi) is 5.63. The second-order valence-corrected chi connectivity index (χ2v) is 7.55. The van der Waals surface area contributed by atoms with Crippen LogP contribution >= 0.6 is 11.6 Å². The molecule has 1 aromatic heterocycles. The first-order chi connectivity index (χ1) is 13.7. The molecule has 0 bridgehead atoms. The number of carbonyl (C=O) groups is 1. The Labute approximate surface area is 169 Å². The minimum absolute atomic E-state index is 0.185. The monoisotopic (exact) mass is 394 g/mol. The van der Waals surface area contributed by atoms with Gasteiger partial charge in [-0.05, 0) is 37.1 Å². The van der Waals surface area contributed by atoms with E-state index < -0.39 is 0 Å². The van der Waals surface area contributed by atoms with E-state index in [2.05, 4.69) is 10.6 Å². The number of carbonyl (C=O) groups excluding carboxylic acids is 1. The maximum Gasteiger partial charge on any atom is 0.319 e. The number of hydrogen-bond donors (Lipinski definition) is 2. The van der Waals surface area contributed by atoms with E-state index in [1.165, 1.54) is 19.3 Å². The summed E-state index contributed by atoms with van der Waals surface area (Å²) < 4.78 is 1.78. The molecule has 1 aliphatic carbocycles. The molecule has 0 radical (unpaired) electrons. The van der Waals surface area contributed by atoms with Crippen LogP contribution in [0.1, 0.15) is 32.1 Å². The third-order valence-electron chi connectivity index (χ3n) is 5.04. The second-order valence-electron chi connectivity index (χ2n) is 7.11. The summed E-state index contributed by atoms with van der Waals surface area (Å²) in [7, 11) is 0. The average molecular weight is 395 g/mol. The lowest BCUT2D eigenvalue weighted by atomic mass is 9.96. The molecule has 3 aromatic rings. The zero-order chi connectivity index (χ0) is 19.3. The quantitative estimate of drug-likeness (QED) is 0.600. The van der Waals surface area contributed by atoms with Crippen LogP contribution in [0.4, 0.5) is 10.5 Å². The van der Waals surface area contributed by atoms with Crippen molar-refractivity contribution in [2.45, 2.75) is 38.1 Å². The van der Waals surface area contributed by atoms with Crippen LogP contribution in [0.5, 0.6) is 0 Å². The Morgan fingerprint density at radius 2 is 1.71 bits per heavy atom. The molecular weight excluding hydrogens is 372 g/mol. The van der Waals surface area contributed by atoms with Crippen molar-refractivity contribution in [3.63, 3.8) is 0 Å². The molecule has 28 heavy (non-hydrogen) atoms.